The van der Waals surface area contributed by atoms with Gasteiger partial charge >= 0.3 is 0 Å². The summed E-state index contributed by atoms with van der Waals surface area (Å²) >= 11 is 0. The molecule has 0 saturated heterocycles. The Balaban J connectivity index is 0.00000225. The van der Waals surface area contributed by atoms with Gasteiger partial charge in [0.15, 0.2) is 17.5 Å². The van der Waals surface area contributed by atoms with Crippen molar-refractivity contribution in [2.75, 3.05) is 25.6 Å². The molecule has 25 heavy (non-hydrogen) atoms. The van der Waals surface area contributed by atoms with Crippen LogP contribution in [0.4, 0.5) is 5.69 Å². The molecule has 0 amide bonds. The zero-order chi connectivity index (χ0) is 16.8. The minimum Gasteiger partial charge on any atom is -0.497 e. The molecule has 0 radical (unpaired) electrons. The fraction of sp³-hybridized carbons (Fsp3) is 0.278. The molecule has 0 saturated carbocycles. The van der Waals surface area contributed by atoms with Gasteiger partial charge in [-0.15, -0.1) is 24.0 Å². The molecule has 1 aliphatic heterocycles. The first-order chi connectivity index (χ1) is 11.7. The molecule has 0 unspecified atom stereocenters. The molecule has 0 spiro atoms. The summed E-state index contributed by atoms with van der Waals surface area (Å²) in [6.07, 6.45) is 0.877. The SMILES string of the molecule is COc1cccc(CN=C(N)Nc2ccc3c(c2)OCCCO3)c1.I. The minimum absolute atomic E-state index is 0. The number of guanidine groups is 1. The predicted molar refractivity (Wildman–Crippen MR) is 109 cm³/mol. The second-order valence-corrected chi connectivity index (χ2v) is 5.39. The smallest absolute Gasteiger partial charge is 0.193 e. The molecule has 2 aromatic rings. The van der Waals surface area contributed by atoms with Gasteiger partial charge < -0.3 is 25.3 Å². The van der Waals surface area contributed by atoms with Crippen molar-refractivity contribution in [3.05, 3.63) is 48.0 Å². The molecule has 134 valence electrons. The number of hydrogen-bond acceptors (Lipinski definition) is 4. The van der Waals surface area contributed by atoms with E-state index in [4.69, 9.17) is 19.9 Å². The third-order valence-electron chi connectivity index (χ3n) is 3.59. The molecule has 0 fully saturated rings. The molecule has 1 aliphatic rings. The van der Waals surface area contributed by atoms with Gasteiger partial charge in [-0.2, -0.15) is 0 Å². The first-order valence-electron chi connectivity index (χ1n) is 7.84. The van der Waals surface area contributed by atoms with Gasteiger partial charge in [0, 0.05) is 18.2 Å². The van der Waals surface area contributed by atoms with E-state index >= 15 is 0 Å². The largest absolute Gasteiger partial charge is 0.497 e. The Kier molecular flexibility index (Phi) is 7.17. The topological polar surface area (TPSA) is 78.1 Å². The van der Waals surface area contributed by atoms with Gasteiger partial charge in [-0.1, -0.05) is 12.1 Å². The minimum atomic E-state index is 0. The third kappa shape index (κ3) is 5.42. The summed E-state index contributed by atoms with van der Waals surface area (Å²) in [6, 6.07) is 13.4. The maximum absolute atomic E-state index is 5.97. The monoisotopic (exact) mass is 455 g/mol. The number of benzene rings is 2. The van der Waals surface area contributed by atoms with Crippen molar-refractivity contribution >= 4 is 35.6 Å². The van der Waals surface area contributed by atoms with Gasteiger partial charge in [0.2, 0.25) is 0 Å². The Bertz CT molecular complexity index is 737. The maximum atomic E-state index is 5.97. The number of nitrogens with one attached hydrogen (secondary N) is 1. The number of nitrogens with zero attached hydrogens (tertiary/aromatic N) is 1. The van der Waals surface area contributed by atoms with Crippen LogP contribution in [0.1, 0.15) is 12.0 Å². The number of rotatable bonds is 4. The van der Waals surface area contributed by atoms with Gasteiger partial charge in [-0.25, -0.2) is 4.99 Å². The molecule has 0 aromatic heterocycles. The molecule has 1 heterocycles. The standard InChI is InChI=1S/C18H21N3O3.HI/c1-22-15-5-2-4-13(10-15)12-20-18(19)21-14-6-7-16-17(11-14)24-9-3-8-23-16;/h2,4-7,10-11H,3,8-9,12H2,1H3,(H3,19,20,21);1H. The number of hydrogen-bond donors (Lipinski definition) is 2. The van der Waals surface area contributed by atoms with Crippen molar-refractivity contribution in [2.45, 2.75) is 13.0 Å². The summed E-state index contributed by atoms with van der Waals surface area (Å²) in [4.78, 5) is 4.35. The fourth-order valence-electron chi connectivity index (χ4n) is 2.38. The highest BCUT2D eigenvalue weighted by Gasteiger charge is 2.10. The second kappa shape index (κ2) is 9.36. The number of nitrogens with two attached hydrogens (primary N) is 1. The quantitative estimate of drug-likeness (QED) is 0.420. The summed E-state index contributed by atoms with van der Waals surface area (Å²) in [6.45, 7) is 1.79. The van der Waals surface area contributed by atoms with E-state index in [1.807, 2.05) is 42.5 Å². The summed E-state index contributed by atoms with van der Waals surface area (Å²) in [5, 5.41) is 3.07. The normalized spacial score (nSPS) is 13.4. The van der Waals surface area contributed by atoms with Crippen molar-refractivity contribution < 1.29 is 14.2 Å². The Hall–Kier alpha value is -2.16. The highest BCUT2D eigenvalue weighted by atomic mass is 127. The second-order valence-electron chi connectivity index (χ2n) is 5.39. The van der Waals surface area contributed by atoms with Crippen molar-refractivity contribution in [1.82, 2.24) is 0 Å². The highest BCUT2D eigenvalue weighted by molar-refractivity contribution is 14.0. The number of fused-ring (bicyclic) bond motifs is 1. The van der Waals surface area contributed by atoms with E-state index in [2.05, 4.69) is 10.3 Å². The fourth-order valence-corrected chi connectivity index (χ4v) is 2.38. The van der Waals surface area contributed by atoms with E-state index in [1.54, 1.807) is 7.11 Å². The molecule has 6 nitrogen and oxygen atoms in total. The van der Waals surface area contributed by atoms with E-state index in [0.717, 1.165) is 34.9 Å². The van der Waals surface area contributed by atoms with E-state index in [-0.39, 0.29) is 24.0 Å². The molecule has 3 rings (SSSR count). The van der Waals surface area contributed by atoms with E-state index in [9.17, 15) is 0 Å². The number of anilines is 1. The summed E-state index contributed by atoms with van der Waals surface area (Å²) in [5.41, 5.74) is 7.80. The average Bonchev–Trinajstić information content (AvgIpc) is 2.85. The van der Waals surface area contributed by atoms with Gasteiger partial charge in [0.05, 0.1) is 26.9 Å². The predicted octanol–water partition coefficient (Wildman–Crippen LogP) is 3.40. The lowest BCUT2D eigenvalue weighted by Crippen LogP contribution is -2.22. The van der Waals surface area contributed by atoms with Gasteiger partial charge in [-0.3, -0.25) is 0 Å². The highest BCUT2D eigenvalue weighted by Crippen LogP contribution is 2.32. The third-order valence-corrected chi connectivity index (χ3v) is 3.59. The van der Waals surface area contributed by atoms with Crippen LogP contribution >= 0.6 is 24.0 Å². The molecule has 0 atom stereocenters. The van der Waals surface area contributed by atoms with Crippen LogP contribution < -0.4 is 25.3 Å². The van der Waals surface area contributed by atoms with Crippen molar-refractivity contribution in [3.8, 4) is 17.2 Å². The summed E-state index contributed by atoms with van der Waals surface area (Å²) < 4.78 is 16.5. The van der Waals surface area contributed by atoms with Crippen molar-refractivity contribution in [1.29, 1.82) is 0 Å². The van der Waals surface area contributed by atoms with Crippen molar-refractivity contribution in [3.63, 3.8) is 0 Å². The molecular formula is C18H22IN3O3. The average molecular weight is 455 g/mol. The Morgan fingerprint density at radius 2 is 1.96 bits per heavy atom. The van der Waals surface area contributed by atoms with Crippen molar-refractivity contribution in [2.24, 2.45) is 10.7 Å². The molecule has 0 bridgehead atoms. The molecule has 0 aliphatic carbocycles. The zero-order valence-corrected chi connectivity index (χ0v) is 16.4. The van der Waals surface area contributed by atoms with Crippen LogP contribution in [0.25, 0.3) is 0 Å². The lowest BCUT2D eigenvalue weighted by Gasteiger charge is -2.11. The van der Waals surface area contributed by atoms with Gasteiger partial charge in [0.1, 0.15) is 5.75 Å². The van der Waals surface area contributed by atoms with Crippen LogP contribution in [0.3, 0.4) is 0 Å². The van der Waals surface area contributed by atoms with Crippen LogP contribution in [0.5, 0.6) is 17.2 Å². The first-order valence-corrected chi connectivity index (χ1v) is 7.84. The van der Waals surface area contributed by atoms with Gasteiger partial charge in [0.25, 0.3) is 0 Å². The van der Waals surface area contributed by atoms with E-state index in [0.29, 0.717) is 25.7 Å². The van der Waals surface area contributed by atoms with Crippen LogP contribution in [-0.4, -0.2) is 26.3 Å². The van der Waals surface area contributed by atoms with Crippen LogP contribution in [0.15, 0.2) is 47.5 Å². The molecule has 7 heteroatoms. The maximum Gasteiger partial charge on any atom is 0.193 e. The Morgan fingerprint density at radius 1 is 1.16 bits per heavy atom. The van der Waals surface area contributed by atoms with Crippen LogP contribution in [0, 0.1) is 0 Å². The zero-order valence-electron chi connectivity index (χ0n) is 14.0. The molecule has 3 N–H and O–H groups in total. The lowest BCUT2D eigenvalue weighted by atomic mass is 10.2. The lowest BCUT2D eigenvalue weighted by molar-refractivity contribution is 0.297. The Morgan fingerprint density at radius 3 is 2.76 bits per heavy atom. The number of halogens is 1. The first kappa shape index (κ1) is 19.2. The number of aliphatic imine (C=N–C) groups is 1. The Labute approximate surface area is 164 Å². The van der Waals surface area contributed by atoms with Crippen LogP contribution in [0.2, 0.25) is 0 Å². The number of ether oxygens (including phenoxy) is 3. The van der Waals surface area contributed by atoms with Crippen LogP contribution in [-0.2, 0) is 6.54 Å². The number of methoxy groups -OCH3 is 1. The van der Waals surface area contributed by atoms with Gasteiger partial charge in [-0.05, 0) is 29.8 Å². The van der Waals surface area contributed by atoms with E-state index in [1.165, 1.54) is 0 Å². The van der Waals surface area contributed by atoms with E-state index < -0.39 is 0 Å². The summed E-state index contributed by atoms with van der Waals surface area (Å²) in [5.74, 6) is 2.62. The molecule has 2 aromatic carbocycles. The molecular weight excluding hydrogens is 433 g/mol. The summed E-state index contributed by atoms with van der Waals surface area (Å²) in [7, 11) is 1.64.